The van der Waals surface area contributed by atoms with E-state index < -0.39 is 17.8 Å². The summed E-state index contributed by atoms with van der Waals surface area (Å²) in [7, 11) is 0. The van der Waals surface area contributed by atoms with Crippen LogP contribution in [0.1, 0.15) is 52.0 Å². The lowest BCUT2D eigenvalue weighted by atomic mass is 9.81. The summed E-state index contributed by atoms with van der Waals surface area (Å²) in [4.78, 5) is 33.8. The number of nitrogens with two attached hydrogens (primary N) is 1. The molecule has 2 aromatic carbocycles. The number of allylic oxidation sites excluding steroid dienone is 1. The van der Waals surface area contributed by atoms with E-state index in [1.54, 1.807) is 13.0 Å². The second kappa shape index (κ2) is 11.1. The fraction of sp³-hybridized carbons (Fsp3) is 0.250. The molecular weight excluding hydrogens is 536 g/mol. The van der Waals surface area contributed by atoms with Crippen LogP contribution < -0.4 is 10.5 Å². The average Bonchev–Trinajstić information content (AvgIpc) is 3.40. The normalized spacial score (nSPS) is 17.8. The summed E-state index contributed by atoms with van der Waals surface area (Å²) < 4.78 is 11.5. The van der Waals surface area contributed by atoms with Crippen LogP contribution in [0.4, 0.5) is 0 Å². The molecule has 1 aromatic heterocycles. The first-order chi connectivity index (χ1) is 20.0. The molecule has 0 saturated heterocycles. The van der Waals surface area contributed by atoms with E-state index in [4.69, 9.17) is 20.2 Å². The Morgan fingerprint density at radius 1 is 1.17 bits per heavy atom. The lowest BCUT2D eigenvalue weighted by Crippen LogP contribution is -2.41. The Kier molecular flexibility index (Phi) is 7.25. The van der Waals surface area contributed by atoms with E-state index in [-0.39, 0.29) is 29.3 Å². The molecule has 1 unspecified atom stereocenters. The van der Waals surface area contributed by atoms with E-state index in [2.05, 4.69) is 6.07 Å². The van der Waals surface area contributed by atoms with Gasteiger partial charge in [-0.05, 0) is 61.1 Å². The van der Waals surface area contributed by atoms with Crippen LogP contribution in [0.3, 0.4) is 0 Å². The molecule has 0 radical (unpaired) electrons. The van der Waals surface area contributed by atoms with E-state index in [0.717, 1.165) is 36.1 Å². The Labute approximate surface area is 242 Å². The van der Waals surface area contributed by atoms with Crippen molar-refractivity contribution in [3.05, 3.63) is 111 Å². The summed E-state index contributed by atoms with van der Waals surface area (Å²) in [6.45, 7) is 2.22. The molecule has 206 valence electrons. The van der Waals surface area contributed by atoms with Crippen molar-refractivity contribution in [2.24, 2.45) is 5.73 Å². The number of aromatic nitrogens is 1. The standard InChI is InChI=1S/C32H28N4O4S/c1-2-39-32(38)28-26-18-41-30-23(15-20-10-7-13-25(20)35-30)31(37)36(26)29(34)24(16-33)27(28)21-11-6-12-22(14-21)40-17-19-8-4-3-5-9-19/h3-6,8-9,11-12,14-15,27H,2,7,10,13,17-18,34H2,1H3. The maximum absolute atomic E-state index is 14.0. The first-order valence-corrected chi connectivity index (χ1v) is 14.5. The van der Waals surface area contributed by atoms with Crippen molar-refractivity contribution >= 4 is 23.6 Å². The number of nitrogens with zero attached hydrogens (tertiary/aromatic N) is 3. The predicted molar refractivity (Wildman–Crippen MR) is 154 cm³/mol. The van der Waals surface area contributed by atoms with Crippen molar-refractivity contribution in [1.29, 1.82) is 5.26 Å². The Morgan fingerprint density at radius 3 is 2.78 bits per heavy atom. The van der Waals surface area contributed by atoms with Crippen LogP contribution in [-0.2, 0) is 29.0 Å². The van der Waals surface area contributed by atoms with E-state index in [0.29, 0.717) is 34.2 Å². The SMILES string of the molecule is CCOC(=O)C1=C2CSc3nc4c(cc3C(=O)N2C(N)=C(C#N)C1c1cccc(OCc2ccccc2)c1)CCC4. The quantitative estimate of drug-likeness (QED) is 0.415. The first-order valence-electron chi connectivity index (χ1n) is 13.6. The van der Waals surface area contributed by atoms with Crippen molar-refractivity contribution in [2.75, 3.05) is 12.4 Å². The molecule has 41 heavy (non-hydrogen) atoms. The lowest BCUT2D eigenvalue weighted by molar-refractivity contribution is -0.138. The van der Waals surface area contributed by atoms with Gasteiger partial charge in [-0.25, -0.2) is 9.78 Å². The van der Waals surface area contributed by atoms with Crippen molar-refractivity contribution in [3.63, 3.8) is 0 Å². The third-order valence-electron chi connectivity index (χ3n) is 7.53. The van der Waals surface area contributed by atoms with Gasteiger partial charge in [0.25, 0.3) is 5.91 Å². The van der Waals surface area contributed by atoms with Gasteiger partial charge in [-0.2, -0.15) is 5.26 Å². The van der Waals surface area contributed by atoms with Crippen molar-refractivity contribution in [2.45, 2.75) is 43.7 Å². The second-order valence-electron chi connectivity index (χ2n) is 10.0. The van der Waals surface area contributed by atoms with E-state index in [1.807, 2.05) is 54.6 Å². The third kappa shape index (κ3) is 4.85. The number of rotatable bonds is 6. The van der Waals surface area contributed by atoms with Gasteiger partial charge in [-0.15, -0.1) is 0 Å². The Balaban J connectivity index is 1.45. The number of pyridine rings is 1. The van der Waals surface area contributed by atoms with Crippen molar-refractivity contribution in [3.8, 4) is 11.8 Å². The molecule has 0 saturated carbocycles. The number of fused-ring (bicyclic) bond motifs is 3. The number of amides is 1. The van der Waals surface area contributed by atoms with Crippen LogP contribution in [0.15, 0.2) is 88.4 Å². The molecule has 6 rings (SSSR count). The van der Waals surface area contributed by atoms with Crippen LogP contribution in [0.5, 0.6) is 5.75 Å². The number of hydrogen-bond acceptors (Lipinski definition) is 8. The molecule has 1 aliphatic carbocycles. The number of esters is 1. The van der Waals surface area contributed by atoms with E-state index in [9.17, 15) is 14.9 Å². The van der Waals surface area contributed by atoms with Crippen molar-refractivity contribution in [1.82, 2.24) is 9.88 Å². The zero-order valence-electron chi connectivity index (χ0n) is 22.6. The fourth-order valence-electron chi connectivity index (χ4n) is 5.62. The van der Waals surface area contributed by atoms with Crippen LogP contribution in [0.25, 0.3) is 0 Å². The summed E-state index contributed by atoms with van der Waals surface area (Å²) in [6, 6.07) is 21.1. The van der Waals surface area contributed by atoms with Crippen LogP contribution >= 0.6 is 11.8 Å². The summed E-state index contributed by atoms with van der Waals surface area (Å²) in [5.41, 5.74) is 11.5. The largest absolute Gasteiger partial charge is 0.489 e. The van der Waals surface area contributed by atoms with Gasteiger partial charge in [0, 0.05) is 17.1 Å². The molecule has 0 spiro atoms. The van der Waals surface area contributed by atoms with Crippen molar-refractivity contribution < 1.29 is 19.1 Å². The highest BCUT2D eigenvalue weighted by atomic mass is 32.2. The molecule has 3 aliphatic rings. The number of nitriles is 1. The molecule has 0 fully saturated rings. The molecule has 3 aromatic rings. The minimum Gasteiger partial charge on any atom is -0.489 e. The van der Waals surface area contributed by atoms with Crippen LogP contribution in [-0.4, -0.2) is 34.1 Å². The van der Waals surface area contributed by atoms with Gasteiger partial charge < -0.3 is 15.2 Å². The molecule has 0 bridgehead atoms. The number of hydrogen-bond donors (Lipinski definition) is 1. The summed E-state index contributed by atoms with van der Waals surface area (Å²) in [6.07, 6.45) is 2.75. The zero-order valence-corrected chi connectivity index (χ0v) is 23.4. The highest BCUT2D eigenvalue weighted by molar-refractivity contribution is 7.99. The molecule has 9 heteroatoms. The smallest absolute Gasteiger partial charge is 0.336 e. The first kappa shape index (κ1) is 26.7. The number of carbonyl (C=O) groups is 2. The second-order valence-corrected chi connectivity index (χ2v) is 11.0. The van der Waals surface area contributed by atoms with Gasteiger partial charge in [0.05, 0.1) is 35.3 Å². The number of thioether (sulfide) groups is 1. The Morgan fingerprint density at radius 2 is 2.00 bits per heavy atom. The Hall–Kier alpha value is -4.55. The third-order valence-corrected chi connectivity index (χ3v) is 8.53. The molecule has 8 nitrogen and oxygen atoms in total. The van der Waals surface area contributed by atoms with Crippen LogP contribution in [0.2, 0.25) is 0 Å². The minimum absolute atomic E-state index is 0.00936. The van der Waals surface area contributed by atoms with Gasteiger partial charge in [0.2, 0.25) is 0 Å². The summed E-state index contributed by atoms with van der Waals surface area (Å²) >= 11 is 1.40. The number of carbonyl (C=O) groups excluding carboxylic acids is 2. The molecule has 2 aliphatic heterocycles. The maximum atomic E-state index is 14.0. The van der Waals surface area contributed by atoms with E-state index >= 15 is 0 Å². The topological polar surface area (TPSA) is 119 Å². The molecular formula is C32H28N4O4S. The van der Waals surface area contributed by atoms with Gasteiger partial charge in [0.15, 0.2) is 0 Å². The summed E-state index contributed by atoms with van der Waals surface area (Å²) in [5.74, 6) is -0.974. The summed E-state index contributed by atoms with van der Waals surface area (Å²) in [5, 5.41) is 11.0. The minimum atomic E-state index is -0.835. The van der Waals surface area contributed by atoms with Crippen LogP contribution in [0, 0.1) is 11.3 Å². The lowest BCUT2D eigenvalue weighted by Gasteiger charge is -2.35. The zero-order chi connectivity index (χ0) is 28.5. The van der Waals surface area contributed by atoms with Gasteiger partial charge >= 0.3 is 5.97 Å². The van der Waals surface area contributed by atoms with Gasteiger partial charge in [-0.1, -0.05) is 54.2 Å². The molecule has 2 N–H and O–H groups in total. The van der Waals surface area contributed by atoms with Gasteiger partial charge in [0.1, 0.15) is 23.2 Å². The van der Waals surface area contributed by atoms with E-state index in [1.165, 1.54) is 16.7 Å². The fourth-order valence-corrected chi connectivity index (χ4v) is 6.65. The molecule has 3 heterocycles. The number of benzene rings is 2. The van der Waals surface area contributed by atoms with Gasteiger partial charge in [-0.3, -0.25) is 9.69 Å². The predicted octanol–water partition coefficient (Wildman–Crippen LogP) is 5.01. The molecule has 1 amide bonds. The average molecular weight is 565 g/mol. The molecule has 1 atom stereocenters. The number of aryl methyl sites for hydroxylation is 2. The number of ether oxygens (including phenoxy) is 2. The highest BCUT2D eigenvalue weighted by Crippen LogP contribution is 2.45. The Bertz CT molecular complexity index is 1660. The monoisotopic (exact) mass is 564 g/mol. The maximum Gasteiger partial charge on any atom is 0.336 e. The highest BCUT2D eigenvalue weighted by Gasteiger charge is 2.43.